The van der Waals surface area contributed by atoms with Gasteiger partial charge in [0, 0.05) is 0 Å². The van der Waals surface area contributed by atoms with Crippen LogP contribution in [0.25, 0.3) is 11.1 Å². The molecule has 0 unspecified atom stereocenters. The van der Waals surface area contributed by atoms with Crippen molar-refractivity contribution in [3.63, 3.8) is 0 Å². The first-order valence-corrected chi connectivity index (χ1v) is 10.1. The van der Waals surface area contributed by atoms with Crippen molar-refractivity contribution in [2.45, 2.75) is 57.8 Å². The molecular weight excluding hydrogens is 340 g/mol. The second-order valence-electron chi connectivity index (χ2n) is 8.21. The molecule has 0 bridgehead atoms. The van der Waals surface area contributed by atoms with E-state index in [4.69, 9.17) is 5.26 Å². The highest BCUT2D eigenvalue weighted by Crippen LogP contribution is 2.48. The van der Waals surface area contributed by atoms with Crippen molar-refractivity contribution in [1.29, 1.82) is 5.26 Å². The van der Waals surface area contributed by atoms with Gasteiger partial charge in [-0.05, 0) is 84.2 Å². The van der Waals surface area contributed by atoms with Gasteiger partial charge in [0.15, 0.2) is 0 Å². The van der Waals surface area contributed by atoms with Crippen molar-refractivity contribution >= 4 is 0 Å². The molecule has 1 saturated carbocycles. The fourth-order valence-corrected chi connectivity index (χ4v) is 5.31. The molecule has 2 aliphatic rings. The lowest BCUT2D eigenvalue weighted by molar-refractivity contribution is 0.201. The maximum atomic E-state index is 14.0. The fraction of sp³-hybridized carbons (Fsp3) is 0.458. The average Bonchev–Trinajstić information content (AvgIpc) is 2.67. The first-order valence-electron chi connectivity index (χ1n) is 10.1. The molecule has 0 spiro atoms. The molecule has 140 valence electrons. The highest BCUT2D eigenvalue weighted by Gasteiger charge is 2.34. The highest BCUT2D eigenvalue weighted by molar-refractivity contribution is 5.66. The molecule has 3 heteroatoms. The number of nitrogens with zero attached hydrogens (tertiary/aromatic N) is 1. The molecular formula is C24H25F2N. The zero-order valence-corrected chi connectivity index (χ0v) is 15.8. The first kappa shape index (κ1) is 18.2. The molecule has 2 aromatic rings. The SMILES string of the molecule is CCC[C@@H]1CC[C@@H]2c3ccc(-c4cc(F)c(C#N)c(F)c4)cc3CC[C@H]2C1. The quantitative estimate of drug-likeness (QED) is 0.590. The van der Waals surface area contributed by atoms with Gasteiger partial charge in [-0.15, -0.1) is 0 Å². The van der Waals surface area contributed by atoms with Crippen LogP contribution in [0.4, 0.5) is 8.78 Å². The molecule has 0 aliphatic heterocycles. The van der Waals surface area contributed by atoms with Crippen LogP contribution in [-0.4, -0.2) is 0 Å². The van der Waals surface area contributed by atoms with Crippen molar-refractivity contribution in [3.8, 4) is 17.2 Å². The normalized spacial score (nSPS) is 24.0. The van der Waals surface area contributed by atoms with E-state index >= 15 is 0 Å². The second kappa shape index (κ2) is 7.43. The van der Waals surface area contributed by atoms with Crippen LogP contribution in [0.3, 0.4) is 0 Å². The molecule has 3 atom stereocenters. The van der Waals surface area contributed by atoms with E-state index in [1.807, 2.05) is 6.07 Å². The summed E-state index contributed by atoms with van der Waals surface area (Å²) in [5.74, 6) is 0.740. The van der Waals surface area contributed by atoms with Gasteiger partial charge in [0.2, 0.25) is 0 Å². The van der Waals surface area contributed by atoms with Gasteiger partial charge in [-0.2, -0.15) is 5.26 Å². The maximum Gasteiger partial charge on any atom is 0.144 e. The number of nitriles is 1. The van der Waals surface area contributed by atoms with Gasteiger partial charge < -0.3 is 0 Å². The predicted molar refractivity (Wildman–Crippen MR) is 103 cm³/mol. The molecule has 0 amide bonds. The Kier molecular flexibility index (Phi) is 5.00. The third kappa shape index (κ3) is 3.38. The number of halogens is 2. The fourth-order valence-electron chi connectivity index (χ4n) is 5.31. The van der Waals surface area contributed by atoms with E-state index in [0.717, 1.165) is 23.8 Å². The minimum absolute atomic E-state index is 0.501. The van der Waals surface area contributed by atoms with Gasteiger partial charge in [0.05, 0.1) is 0 Å². The zero-order valence-electron chi connectivity index (χ0n) is 15.8. The Morgan fingerprint density at radius 1 is 1.04 bits per heavy atom. The molecule has 0 saturated heterocycles. The topological polar surface area (TPSA) is 23.8 Å². The number of hydrogen-bond acceptors (Lipinski definition) is 1. The smallest absolute Gasteiger partial charge is 0.144 e. The van der Waals surface area contributed by atoms with Crippen LogP contribution in [0.5, 0.6) is 0 Å². The minimum Gasteiger partial charge on any atom is -0.205 e. The zero-order chi connectivity index (χ0) is 19.0. The van der Waals surface area contributed by atoms with E-state index in [0.29, 0.717) is 11.5 Å². The summed E-state index contributed by atoms with van der Waals surface area (Å²) in [4.78, 5) is 0. The molecule has 2 aliphatic carbocycles. The predicted octanol–water partition coefficient (Wildman–Crippen LogP) is 6.75. The van der Waals surface area contributed by atoms with Crippen LogP contribution in [0.2, 0.25) is 0 Å². The molecule has 0 radical (unpaired) electrons. The van der Waals surface area contributed by atoms with E-state index in [1.165, 1.54) is 61.8 Å². The summed E-state index contributed by atoms with van der Waals surface area (Å²) in [6.45, 7) is 2.28. The summed E-state index contributed by atoms with van der Waals surface area (Å²) >= 11 is 0. The number of aryl methyl sites for hydroxylation is 1. The third-order valence-corrected chi connectivity index (χ3v) is 6.60. The molecule has 2 aromatic carbocycles. The molecule has 1 nitrogen and oxygen atoms in total. The van der Waals surface area contributed by atoms with E-state index in [1.54, 1.807) is 6.07 Å². The van der Waals surface area contributed by atoms with E-state index in [-0.39, 0.29) is 0 Å². The van der Waals surface area contributed by atoms with Crippen LogP contribution < -0.4 is 0 Å². The van der Waals surface area contributed by atoms with E-state index in [9.17, 15) is 8.78 Å². The van der Waals surface area contributed by atoms with Crippen LogP contribution in [0.15, 0.2) is 30.3 Å². The maximum absolute atomic E-state index is 14.0. The molecule has 4 rings (SSSR count). The van der Waals surface area contributed by atoms with Gasteiger partial charge in [0.25, 0.3) is 0 Å². The summed E-state index contributed by atoms with van der Waals surface area (Å²) in [5, 5.41) is 8.85. The largest absolute Gasteiger partial charge is 0.205 e. The van der Waals surface area contributed by atoms with Crippen LogP contribution >= 0.6 is 0 Å². The Labute approximate surface area is 160 Å². The van der Waals surface area contributed by atoms with Gasteiger partial charge in [0.1, 0.15) is 23.3 Å². The Morgan fingerprint density at radius 3 is 2.52 bits per heavy atom. The first-order chi connectivity index (χ1) is 13.1. The summed E-state index contributed by atoms with van der Waals surface area (Å²) in [5.41, 5.74) is 3.59. The lowest BCUT2D eigenvalue weighted by Gasteiger charge is -2.40. The monoisotopic (exact) mass is 365 g/mol. The Morgan fingerprint density at radius 2 is 1.81 bits per heavy atom. The number of rotatable bonds is 3. The second-order valence-corrected chi connectivity index (χ2v) is 8.21. The van der Waals surface area contributed by atoms with Gasteiger partial charge in [-0.1, -0.05) is 38.0 Å². The molecule has 27 heavy (non-hydrogen) atoms. The van der Waals surface area contributed by atoms with Gasteiger partial charge in [-0.3, -0.25) is 0 Å². The Bertz CT molecular complexity index is 873. The molecule has 0 aromatic heterocycles. The molecule has 0 N–H and O–H groups in total. The van der Waals surface area contributed by atoms with Gasteiger partial charge in [-0.25, -0.2) is 8.78 Å². The van der Waals surface area contributed by atoms with E-state index in [2.05, 4.69) is 19.1 Å². The lowest BCUT2D eigenvalue weighted by Crippen LogP contribution is -2.28. The van der Waals surface area contributed by atoms with E-state index < -0.39 is 17.2 Å². The van der Waals surface area contributed by atoms with Crippen LogP contribution in [-0.2, 0) is 6.42 Å². The average molecular weight is 365 g/mol. The molecule has 0 heterocycles. The Hall–Kier alpha value is -2.21. The lowest BCUT2D eigenvalue weighted by atomic mass is 9.64. The summed E-state index contributed by atoms with van der Waals surface area (Å²) in [6.07, 6.45) is 8.84. The van der Waals surface area contributed by atoms with Crippen LogP contribution in [0, 0.1) is 34.8 Å². The minimum atomic E-state index is -0.792. The summed E-state index contributed by atoms with van der Waals surface area (Å²) in [6, 6.07) is 10.4. The molecule has 1 fully saturated rings. The van der Waals surface area contributed by atoms with Crippen molar-refractivity contribution in [1.82, 2.24) is 0 Å². The number of hydrogen-bond donors (Lipinski definition) is 0. The standard InChI is InChI=1S/C24H25F2N/c1-2-3-15-4-8-20-17(10-15)5-6-18-11-16(7-9-21(18)20)19-12-23(25)22(14-27)24(26)13-19/h7,9,11-13,15,17,20H,2-6,8,10H2,1H3/t15-,17+,20+/m1/s1. The Balaban J connectivity index is 1.62. The summed E-state index contributed by atoms with van der Waals surface area (Å²) < 4.78 is 28.0. The highest BCUT2D eigenvalue weighted by atomic mass is 19.1. The van der Waals surface area contributed by atoms with Crippen molar-refractivity contribution < 1.29 is 8.78 Å². The van der Waals surface area contributed by atoms with Crippen molar-refractivity contribution in [2.24, 2.45) is 11.8 Å². The van der Waals surface area contributed by atoms with Crippen LogP contribution in [0.1, 0.15) is 68.1 Å². The van der Waals surface area contributed by atoms with Gasteiger partial charge >= 0.3 is 0 Å². The number of benzene rings is 2. The van der Waals surface area contributed by atoms with Crippen molar-refractivity contribution in [2.75, 3.05) is 0 Å². The number of fused-ring (bicyclic) bond motifs is 3. The third-order valence-electron chi connectivity index (χ3n) is 6.60. The summed E-state index contributed by atoms with van der Waals surface area (Å²) in [7, 11) is 0. The van der Waals surface area contributed by atoms with Crippen molar-refractivity contribution in [3.05, 3.63) is 58.7 Å².